The molecule has 0 amide bonds. The highest BCUT2D eigenvalue weighted by Gasteiger charge is 2.22. The van der Waals surface area contributed by atoms with Crippen LogP contribution in [0.3, 0.4) is 0 Å². The monoisotopic (exact) mass is 376 g/mol. The summed E-state index contributed by atoms with van der Waals surface area (Å²) in [5.41, 5.74) is 4.01. The maximum absolute atomic E-state index is 11.4. The summed E-state index contributed by atoms with van der Waals surface area (Å²) < 4.78 is 5.92. The predicted molar refractivity (Wildman–Crippen MR) is 111 cm³/mol. The van der Waals surface area contributed by atoms with E-state index in [0.717, 1.165) is 28.9 Å². The van der Waals surface area contributed by atoms with E-state index in [2.05, 4.69) is 35.9 Å². The Morgan fingerprint density at radius 3 is 2.86 bits per heavy atom. The summed E-state index contributed by atoms with van der Waals surface area (Å²) in [6.45, 7) is 7.21. The lowest BCUT2D eigenvalue weighted by atomic mass is 9.91. The molecule has 2 aromatic rings. The highest BCUT2D eigenvalue weighted by atomic mass is 16.5. The molecule has 0 spiro atoms. The fourth-order valence-corrected chi connectivity index (χ4v) is 3.29. The zero-order chi connectivity index (χ0) is 19.9. The third kappa shape index (κ3) is 4.49. The number of hydrogen-bond donors (Lipinski definition) is 2. The maximum atomic E-state index is 11.4. The summed E-state index contributed by atoms with van der Waals surface area (Å²) in [4.78, 5) is 15.4. The molecule has 2 N–H and O–H groups in total. The van der Waals surface area contributed by atoms with Gasteiger partial charge in [0.25, 0.3) is 0 Å². The Kier molecular flexibility index (Phi) is 6.27. The van der Waals surface area contributed by atoms with E-state index in [1.807, 2.05) is 30.4 Å². The molecule has 5 heteroatoms. The average molecular weight is 376 g/mol. The molecule has 0 fully saturated rings. The highest BCUT2D eigenvalue weighted by molar-refractivity contribution is 5.93. The smallest absolute Gasteiger partial charge is 0.337 e. The molecular formula is C23H24N2O3. The molecule has 1 aliphatic rings. The number of carboxylic acids is 1. The van der Waals surface area contributed by atoms with Gasteiger partial charge in [0.2, 0.25) is 0 Å². The largest absolute Gasteiger partial charge is 0.493 e. The number of anilines is 1. The van der Waals surface area contributed by atoms with Gasteiger partial charge < -0.3 is 15.2 Å². The minimum atomic E-state index is -0.974. The molecule has 0 bridgehead atoms. The summed E-state index contributed by atoms with van der Waals surface area (Å²) in [6, 6.07) is 11.6. The lowest BCUT2D eigenvalue weighted by Crippen LogP contribution is -2.23. The second kappa shape index (κ2) is 9.04. The Morgan fingerprint density at radius 2 is 2.14 bits per heavy atom. The van der Waals surface area contributed by atoms with Crippen molar-refractivity contribution in [1.29, 1.82) is 0 Å². The molecule has 3 rings (SSSR count). The SMILES string of the molecule is C=CC1=C(/C=C(\C)c2ccccc2)OCCC1CNc1cnccc1C(=O)O. The summed E-state index contributed by atoms with van der Waals surface area (Å²) in [5, 5.41) is 12.6. The van der Waals surface area contributed by atoms with Gasteiger partial charge >= 0.3 is 5.97 Å². The number of ether oxygens (including phenoxy) is 1. The average Bonchev–Trinajstić information content (AvgIpc) is 2.73. The number of carbonyl (C=O) groups is 1. The van der Waals surface area contributed by atoms with E-state index in [4.69, 9.17) is 4.74 Å². The Balaban J connectivity index is 1.81. The van der Waals surface area contributed by atoms with Gasteiger partial charge in [-0.25, -0.2) is 4.79 Å². The molecule has 0 saturated carbocycles. The van der Waals surface area contributed by atoms with E-state index in [0.29, 0.717) is 18.8 Å². The number of carboxylic acid groups (broad SMARTS) is 1. The van der Waals surface area contributed by atoms with Crippen molar-refractivity contribution in [3.63, 3.8) is 0 Å². The van der Waals surface area contributed by atoms with Crippen molar-refractivity contribution in [3.8, 4) is 0 Å². The second-order valence-electron chi connectivity index (χ2n) is 6.66. The molecular weight excluding hydrogens is 352 g/mol. The Morgan fingerprint density at radius 1 is 1.36 bits per heavy atom. The van der Waals surface area contributed by atoms with Gasteiger partial charge in [0.05, 0.1) is 24.1 Å². The molecule has 1 aromatic carbocycles. The normalized spacial score (nSPS) is 17.0. The van der Waals surface area contributed by atoms with Gasteiger partial charge in [0, 0.05) is 18.7 Å². The number of aromatic nitrogens is 1. The third-order valence-corrected chi connectivity index (χ3v) is 4.84. The van der Waals surface area contributed by atoms with Crippen LogP contribution in [-0.2, 0) is 4.74 Å². The number of allylic oxidation sites excluding steroid dienone is 3. The molecule has 1 aromatic heterocycles. The van der Waals surface area contributed by atoms with Crippen LogP contribution in [-0.4, -0.2) is 29.2 Å². The van der Waals surface area contributed by atoms with Gasteiger partial charge in [0.1, 0.15) is 5.76 Å². The van der Waals surface area contributed by atoms with Gasteiger partial charge in [-0.15, -0.1) is 0 Å². The van der Waals surface area contributed by atoms with Crippen molar-refractivity contribution in [2.45, 2.75) is 13.3 Å². The van der Waals surface area contributed by atoms with Crippen LogP contribution >= 0.6 is 0 Å². The van der Waals surface area contributed by atoms with Gasteiger partial charge in [-0.05, 0) is 42.2 Å². The molecule has 144 valence electrons. The highest BCUT2D eigenvalue weighted by Crippen LogP contribution is 2.30. The molecule has 0 radical (unpaired) electrons. The number of rotatable bonds is 7. The molecule has 0 aliphatic carbocycles. The van der Waals surface area contributed by atoms with E-state index in [-0.39, 0.29) is 11.5 Å². The summed E-state index contributed by atoms with van der Waals surface area (Å²) >= 11 is 0. The molecule has 1 unspecified atom stereocenters. The van der Waals surface area contributed by atoms with Crippen LogP contribution in [0.15, 0.2) is 78.9 Å². The van der Waals surface area contributed by atoms with Crippen LogP contribution in [0.5, 0.6) is 0 Å². The van der Waals surface area contributed by atoms with Crippen molar-refractivity contribution >= 4 is 17.2 Å². The van der Waals surface area contributed by atoms with Gasteiger partial charge in [-0.3, -0.25) is 4.98 Å². The molecule has 0 saturated heterocycles. The lowest BCUT2D eigenvalue weighted by molar-refractivity contribution is 0.0697. The molecule has 2 heterocycles. The predicted octanol–water partition coefficient (Wildman–Crippen LogP) is 4.77. The topological polar surface area (TPSA) is 71.5 Å². The van der Waals surface area contributed by atoms with Gasteiger partial charge in [-0.2, -0.15) is 0 Å². The first-order valence-electron chi connectivity index (χ1n) is 9.24. The van der Waals surface area contributed by atoms with Crippen molar-refractivity contribution in [1.82, 2.24) is 4.98 Å². The van der Waals surface area contributed by atoms with E-state index in [9.17, 15) is 9.90 Å². The molecule has 1 aliphatic heterocycles. The summed E-state index contributed by atoms with van der Waals surface area (Å²) in [5.74, 6) is 0.0143. The first kappa shape index (κ1) is 19.4. The Labute approximate surface area is 165 Å². The number of aromatic carboxylic acids is 1. The molecule has 5 nitrogen and oxygen atoms in total. The van der Waals surface area contributed by atoms with Crippen LogP contribution in [0.4, 0.5) is 5.69 Å². The van der Waals surface area contributed by atoms with Gasteiger partial charge in [0.15, 0.2) is 0 Å². The minimum Gasteiger partial charge on any atom is -0.493 e. The fourth-order valence-electron chi connectivity index (χ4n) is 3.29. The number of nitrogens with zero attached hydrogens (tertiary/aromatic N) is 1. The fraction of sp³-hybridized carbons (Fsp3) is 0.217. The standard InChI is InChI=1S/C23H24N2O3/c1-3-19-18(14-25-21-15-24-11-9-20(21)23(26)27)10-12-28-22(19)13-16(2)17-7-5-4-6-8-17/h3-9,11,13,15,18,25H,1,10,12,14H2,2H3,(H,26,27)/b16-13+. The Hall–Kier alpha value is -3.34. The number of benzene rings is 1. The number of hydrogen-bond acceptors (Lipinski definition) is 4. The van der Waals surface area contributed by atoms with Crippen molar-refractivity contribution in [2.24, 2.45) is 5.92 Å². The van der Waals surface area contributed by atoms with E-state index in [1.165, 1.54) is 12.3 Å². The Bertz CT molecular complexity index is 916. The molecule has 28 heavy (non-hydrogen) atoms. The van der Waals surface area contributed by atoms with Crippen molar-refractivity contribution in [2.75, 3.05) is 18.5 Å². The van der Waals surface area contributed by atoms with Crippen LogP contribution in [0.25, 0.3) is 5.57 Å². The van der Waals surface area contributed by atoms with Crippen LogP contribution < -0.4 is 5.32 Å². The zero-order valence-electron chi connectivity index (χ0n) is 15.9. The second-order valence-corrected chi connectivity index (χ2v) is 6.66. The summed E-state index contributed by atoms with van der Waals surface area (Å²) in [6.07, 6.45) is 7.73. The molecule has 1 atom stereocenters. The first-order chi connectivity index (χ1) is 13.6. The van der Waals surface area contributed by atoms with E-state index >= 15 is 0 Å². The number of pyridine rings is 1. The van der Waals surface area contributed by atoms with Crippen LogP contribution in [0.1, 0.15) is 29.3 Å². The zero-order valence-corrected chi connectivity index (χ0v) is 15.9. The minimum absolute atomic E-state index is 0.169. The van der Waals surface area contributed by atoms with Crippen LogP contribution in [0.2, 0.25) is 0 Å². The van der Waals surface area contributed by atoms with E-state index < -0.39 is 5.97 Å². The summed E-state index contributed by atoms with van der Waals surface area (Å²) in [7, 11) is 0. The maximum Gasteiger partial charge on any atom is 0.337 e. The van der Waals surface area contributed by atoms with Crippen molar-refractivity contribution in [3.05, 3.63) is 90.0 Å². The van der Waals surface area contributed by atoms with Crippen molar-refractivity contribution < 1.29 is 14.6 Å². The third-order valence-electron chi connectivity index (χ3n) is 4.84. The first-order valence-corrected chi connectivity index (χ1v) is 9.24. The lowest BCUT2D eigenvalue weighted by Gasteiger charge is -2.27. The van der Waals surface area contributed by atoms with Gasteiger partial charge in [-0.1, -0.05) is 43.0 Å². The van der Waals surface area contributed by atoms with Crippen LogP contribution in [0, 0.1) is 5.92 Å². The number of nitrogens with one attached hydrogen (secondary N) is 1. The van der Waals surface area contributed by atoms with E-state index in [1.54, 1.807) is 6.20 Å². The quantitative estimate of drug-likeness (QED) is 0.728.